The number of halogens is 1. The molecule has 118 valence electrons. The molecule has 0 spiro atoms. The smallest absolute Gasteiger partial charge is 0.132 e. The number of thiophene rings is 1. The van der Waals surface area contributed by atoms with E-state index >= 15 is 0 Å². The maximum absolute atomic E-state index is 14.5. The van der Waals surface area contributed by atoms with Crippen molar-refractivity contribution in [2.75, 3.05) is 0 Å². The van der Waals surface area contributed by atoms with E-state index < -0.39 is 0 Å². The molecule has 2 aromatic carbocycles. The monoisotopic (exact) mass is 324 g/mol. The Morgan fingerprint density at radius 2 is 1.61 bits per heavy atom. The van der Waals surface area contributed by atoms with Crippen LogP contribution in [0, 0.1) is 5.82 Å². The van der Waals surface area contributed by atoms with E-state index in [1.54, 1.807) is 17.4 Å². The van der Waals surface area contributed by atoms with Crippen LogP contribution in [0.5, 0.6) is 0 Å². The quantitative estimate of drug-likeness (QED) is 0.489. The van der Waals surface area contributed by atoms with E-state index in [0.717, 1.165) is 22.4 Å². The van der Waals surface area contributed by atoms with Crippen LogP contribution in [0.25, 0.3) is 21.6 Å². The van der Waals surface area contributed by atoms with Crippen molar-refractivity contribution in [1.82, 2.24) is 0 Å². The third kappa shape index (κ3) is 3.37. The highest BCUT2D eigenvalue weighted by Crippen LogP contribution is 2.33. The molecule has 2 heteroatoms. The Hall–Kier alpha value is -1.93. The molecule has 3 aromatic rings. The van der Waals surface area contributed by atoms with Gasteiger partial charge in [-0.25, -0.2) is 4.39 Å². The summed E-state index contributed by atoms with van der Waals surface area (Å²) < 4.78 is 14.5. The third-order valence-electron chi connectivity index (χ3n) is 4.16. The van der Waals surface area contributed by atoms with Crippen LogP contribution < -0.4 is 0 Å². The molecule has 0 amide bonds. The van der Waals surface area contributed by atoms with Crippen LogP contribution in [0.15, 0.2) is 54.6 Å². The molecule has 1 heterocycles. The van der Waals surface area contributed by atoms with Gasteiger partial charge in [0.1, 0.15) is 5.82 Å². The Morgan fingerprint density at radius 3 is 2.17 bits per heavy atom. The Labute approximate surface area is 141 Å². The maximum Gasteiger partial charge on any atom is 0.132 e. The molecule has 3 rings (SSSR count). The third-order valence-corrected chi connectivity index (χ3v) is 5.42. The summed E-state index contributed by atoms with van der Waals surface area (Å²) in [7, 11) is 0. The predicted octanol–water partition coefficient (Wildman–Crippen LogP) is 6.91. The van der Waals surface area contributed by atoms with Crippen LogP contribution in [0.3, 0.4) is 0 Å². The molecule has 0 radical (unpaired) electrons. The van der Waals surface area contributed by atoms with Gasteiger partial charge >= 0.3 is 0 Å². The molecule has 0 fully saturated rings. The van der Waals surface area contributed by atoms with Crippen molar-refractivity contribution in [1.29, 1.82) is 0 Å². The van der Waals surface area contributed by atoms with Gasteiger partial charge < -0.3 is 0 Å². The minimum Gasteiger partial charge on any atom is -0.206 e. The van der Waals surface area contributed by atoms with Crippen molar-refractivity contribution in [2.24, 2.45) is 0 Å². The zero-order chi connectivity index (χ0) is 16.4. The predicted molar refractivity (Wildman–Crippen MR) is 98.6 cm³/mol. The van der Waals surface area contributed by atoms with Gasteiger partial charge in [-0.2, -0.15) is 0 Å². The number of hydrogen-bond acceptors (Lipinski definition) is 1. The van der Waals surface area contributed by atoms with Crippen LogP contribution in [0.1, 0.15) is 37.1 Å². The summed E-state index contributed by atoms with van der Waals surface area (Å²) in [5, 5.41) is 0. The molecule has 0 aliphatic heterocycles. The molecule has 0 aliphatic carbocycles. The summed E-state index contributed by atoms with van der Waals surface area (Å²) in [4.78, 5) is 2.29. The van der Waals surface area contributed by atoms with Gasteiger partial charge in [0, 0.05) is 15.3 Å². The zero-order valence-corrected chi connectivity index (χ0v) is 14.6. The molecular weight excluding hydrogens is 303 g/mol. The number of aryl methyl sites for hydroxylation is 1. The number of benzene rings is 2. The lowest BCUT2D eigenvalue weighted by Gasteiger charge is -2.08. The Bertz CT molecular complexity index is 797. The van der Waals surface area contributed by atoms with Crippen molar-refractivity contribution >= 4 is 11.3 Å². The Balaban J connectivity index is 1.92. The van der Waals surface area contributed by atoms with Gasteiger partial charge in [-0.15, -0.1) is 11.3 Å². The maximum atomic E-state index is 14.5. The summed E-state index contributed by atoms with van der Waals surface area (Å²) >= 11 is 1.67. The van der Waals surface area contributed by atoms with Crippen LogP contribution in [-0.2, 0) is 6.42 Å². The van der Waals surface area contributed by atoms with Gasteiger partial charge in [0.2, 0.25) is 0 Å². The van der Waals surface area contributed by atoms with E-state index in [-0.39, 0.29) is 5.82 Å². The second-order valence-electron chi connectivity index (χ2n) is 6.09. The van der Waals surface area contributed by atoms with Crippen molar-refractivity contribution in [2.45, 2.75) is 33.1 Å². The fourth-order valence-electron chi connectivity index (χ4n) is 2.67. The van der Waals surface area contributed by atoms with E-state index in [1.807, 2.05) is 18.2 Å². The summed E-state index contributed by atoms with van der Waals surface area (Å²) in [5.74, 6) is 0.356. The first-order valence-electron chi connectivity index (χ1n) is 8.07. The SMILES string of the molecule is CCc1ccc(-c2ccc(-c3ccc(C(C)C)cc3)cc2F)s1. The van der Waals surface area contributed by atoms with Gasteiger partial charge in [0.15, 0.2) is 0 Å². The largest absolute Gasteiger partial charge is 0.206 e. The molecule has 23 heavy (non-hydrogen) atoms. The topological polar surface area (TPSA) is 0 Å². The molecule has 0 saturated carbocycles. The molecule has 0 saturated heterocycles. The first-order valence-corrected chi connectivity index (χ1v) is 8.89. The van der Waals surface area contributed by atoms with E-state index in [0.29, 0.717) is 11.5 Å². The molecule has 0 bridgehead atoms. The van der Waals surface area contributed by atoms with Crippen molar-refractivity contribution < 1.29 is 4.39 Å². The first-order chi connectivity index (χ1) is 11.1. The molecule has 0 aliphatic rings. The highest BCUT2D eigenvalue weighted by Gasteiger charge is 2.10. The van der Waals surface area contributed by atoms with Gasteiger partial charge in [-0.05, 0) is 53.3 Å². The lowest BCUT2D eigenvalue weighted by atomic mass is 9.98. The fourth-order valence-corrected chi connectivity index (χ4v) is 3.64. The van der Waals surface area contributed by atoms with Gasteiger partial charge in [0.05, 0.1) is 0 Å². The van der Waals surface area contributed by atoms with Crippen LogP contribution in [-0.4, -0.2) is 0 Å². The highest BCUT2D eigenvalue weighted by molar-refractivity contribution is 7.15. The standard InChI is InChI=1S/C21H21FS/c1-4-18-10-12-21(23-18)19-11-9-17(13-20(19)22)16-7-5-15(6-8-16)14(2)3/h5-14H,4H2,1-3H3. The van der Waals surface area contributed by atoms with Crippen molar-refractivity contribution in [3.05, 3.63) is 70.9 Å². The lowest BCUT2D eigenvalue weighted by molar-refractivity contribution is 0.632. The van der Waals surface area contributed by atoms with E-state index in [2.05, 4.69) is 51.1 Å². The summed E-state index contributed by atoms with van der Waals surface area (Å²) in [6.07, 6.45) is 0.993. The van der Waals surface area contributed by atoms with E-state index in [4.69, 9.17) is 0 Å². The Kier molecular flexibility index (Phi) is 4.63. The molecular formula is C21H21FS. The normalized spacial score (nSPS) is 11.2. The van der Waals surface area contributed by atoms with Crippen LogP contribution in [0.2, 0.25) is 0 Å². The Morgan fingerprint density at radius 1 is 0.913 bits per heavy atom. The lowest BCUT2D eigenvalue weighted by Crippen LogP contribution is -1.88. The highest BCUT2D eigenvalue weighted by atomic mass is 32.1. The van der Waals surface area contributed by atoms with Gasteiger partial charge in [-0.1, -0.05) is 51.1 Å². The van der Waals surface area contributed by atoms with E-state index in [1.165, 1.54) is 10.4 Å². The molecule has 1 aromatic heterocycles. The van der Waals surface area contributed by atoms with Crippen molar-refractivity contribution in [3.8, 4) is 21.6 Å². The minimum atomic E-state index is -0.153. The molecule has 0 atom stereocenters. The summed E-state index contributed by atoms with van der Waals surface area (Å²) in [6.45, 7) is 6.47. The average Bonchev–Trinajstić information content (AvgIpc) is 3.03. The fraction of sp³-hybridized carbons (Fsp3) is 0.238. The number of rotatable bonds is 4. The van der Waals surface area contributed by atoms with Crippen LogP contribution in [0.4, 0.5) is 4.39 Å². The van der Waals surface area contributed by atoms with Gasteiger partial charge in [-0.3, -0.25) is 0 Å². The second kappa shape index (κ2) is 6.67. The second-order valence-corrected chi connectivity index (χ2v) is 7.26. The molecule has 0 nitrogen and oxygen atoms in total. The minimum absolute atomic E-state index is 0.153. The molecule has 0 unspecified atom stereocenters. The van der Waals surface area contributed by atoms with Gasteiger partial charge in [0.25, 0.3) is 0 Å². The van der Waals surface area contributed by atoms with E-state index in [9.17, 15) is 4.39 Å². The molecule has 0 N–H and O–H groups in total. The zero-order valence-electron chi connectivity index (χ0n) is 13.8. The first kappa shape index (κ1) is 15.9. The summed E-state index contributed by atoms with van der Waals surface area (Å²) in [6, 6.07) is 18.0. The summed E-state index contributed by atoms with van der Waals surface area (Å²) in [5.41, 5.74) is 3.97. The van der Waals surface area contributed by atoms with Crippen LogP contribution >= 0.6 is 11.3 Å². The number of hydrogen-bond donors (Lipinski definition) is 0. The average molecular weight is 324 g/mol. The van der Waals surface area contributed by atoms with Crippen molar-refractivity contribution in [3.63, 3.8) is 0 Å².